The van der Waals surface area contributed by atoms with Crippen molar-refractivity contribution in [1.29, 1.82) is 0 Å². The number of hydrogen-bond donors (Lipinski definition) is 1. The van der Waals surface area contributed by atoms with Gasteiger partial charge < -0.3 is 28.4 Å². The van der Waals surface area contributed by atoms with Crippen LogP contribution in [0.15, 0.2) is 596 Å². The van der Waals surface area contributed by atoms with Crippen molar-refractivity contribution in [3.63, 3.8) is 0 Å². The molecule has 3 heterocycles. The number of furan rings is 3. The highest BCUT2D eigenvalue weighted by atomic mass is 16.3. The molecule has 28 rings (SSSR count). The van der Waals surface area contributed by atoms with Crippen LogP contribution in [0.2, 0.25) is 0 Å². The van der Waals surface area contributed by atoms with Crippen molar-refractivity contribution >= 4 is 144 Å². The molecule has 25 aromatic carbocycles. The van der Waals surface area contributed by atoms with E-state index in [4.69, 9.17) is 13.3 Å². The second-order valence-electron chi connectivity index (χ2n) is 38.1. The average molecular weight is 1920 g/mol. The molecule has 3 aromatic heterocycles. The highest BCUT2D eigenvalue weighted by Crippen LogP contribution is 2.47. The summed E-state index contributed by atoms with van der Waals surface area (Å²) in [5, 5.41) is 18.1. The Morgan fingerprint density at radius 1 is 0.127 bits per heavy atom. The molecule has 150 heavy (non-hydrogen) atoms. The van der Waals surface area contributed by atoms with Crippen LogP contribution in [-0.2, 0) is 0 Å². The van der Waals surface area contributed by atoms with Crippen LogP contribution in [0.1, 0.15) is 0 Å². The Morgan fingerprint density at radius 3 is 0.820 bits per heavy atom. The third-order valence-corrected chi connectivity index (χ3v) is 29.1. The van der Waals surface area contributed by atoms with Crippen molar-refractivity contribution in [2.24, 2.45) is 0 Å². The Hall–Kier alpha value is -19.9. The van der Waals surface area contributed by atoms with Gasteiger partial charge in [-0.25, -0.2) is 0 Å². The first-order valence-electron chi connectivity index (χ1n) is 51.1. The van der Waals surface area contributed by atoms with Crippen LogP contribution in [-0.4, -0.2) is 0 Å². The van der Waals surface area contributed by atoms with E-state index in [-0.39, 0.29) is 0 Å². The molecule has 0 atom stereocenters. The molecule has 0 aliphatic rings. The van der Waals surface area contributed by atoms with E-state index in [1.54, 1.807) is 0 Å². The van der Waals surface area contributed by atoms with E-state index in [2.05, 4.69) is 561 Å². The normalized spacial score (nSPS) is 11.3. The molecule has 0 saturated heterocycles. The molecule has 0 spiro atoms. The zero-order valence-electron chi connectivity index (χ0n) is 82.0. The summed E-state index contributed by atoms with van der Waals surface area (Å²) in [6.45, 7) is 0. The molecule has 28 aromatic rings. The molecule has 0 bridgehead atoms. The molecule has 6 nitrogen and oxygen atoms in total. The summed E-state index contributed by atoms with van der Waals surface area (Å²) in [6, 6.07) is 207. The van der Waals surface area contributed by atoms with E-state index in [1.165, 1.54) is 88.0 Å². The second-order valence-corrected chi connectivity index (χ2v) is 38.1. The Labute approximate surface area is 870 Å². The predicted molar refractivity (Wildman–Crippen MR) is 633 cm³/mol. The van der Waals surface area contributed by atoms with Gasteiger partial charge in [0.1, 0.15) is 33.5 Å². The molecule has 6 heteroatoms. The van der Waals surface area contributed by atoms with Crippen molar-refractivity contribution in [1.82, 2.24) is 0 Å². The number of para-hydroxylation sites is 5. The fourth-order valence-electron chi connectivity index (χ4n) is 21.5. The third-order valence-electron chi connectivity index (χ3n) is 29.1. The largest absolute Gasteiger partial charge is 0.456 e. The zero-order valence-corrected chi connectivity index (χ0v) is 82.0. The Bertz CT molecular complexity index is 9710. The molecule has 0 aliphatic heterocycles. The smallest absolute Gasteiger partial charge is 0.143 e. The minimum Gasteiger partial charge on any atom is -0.456 e. The lowest BCUT2D eigenvalue weighted by Crippen LogP contribution is -2.09. The van der Waals surface area contributed by atoms with Crippen molar-refractivity contribution in [2.75, 3.05) is 15.1 Å². The van der Waals surface area contributed by atoms with Crippen LogP contribution in [0.4, 0.5) is 45.5 Å². The fourth-order valence-corrected chi connectivity index (χ4v) is 21.5. The summed E-state index contributed by atoms with van der Waals surface area (Å²) >= 11 is 0. The van der Waals surface area contributed by atoms with Crippen LogP contribution in [0.25, 0.3) is 221 Å². The molecule has 1 N–H and O–H groups in total. The Morgan fingerprint density at radius 2 is 0.380 bits per heavy atom. The molecule has 706 valence electrons. The van der Waals surface area contributed by atoms with Gasteiger partial charge in [0.15, 0.2) is 0 Å². The topological polar surface area (TPSA) is 57.9 Å². The number of anilines is 8. The molecule has 0 fully saturated rings. The van der Waals surface area contributed by atoms with Gasteiger partial charge in [-0.1, -0.05) is 449 Å². The highest BCUT2D eigenvalue weighted by molar-refractivity contribution is 6.12. The van der Waals surface area contributed by atoms with Gasteiger partial charge in [-0.2, -0.15) is 0 Å². The number of nitrogens with zero attached hydrogens (tertiary/aromatic N) is 2. The minimum atomic E-state index is 0.909. The lowest BCUT2D eigenvalue weighted by molar-refractivity contribution is 0.669. The Kier molecular flexibility index (Phi) is 24.0. The van der Waals surface area contributed by atoms with E-state index in [1.807, 2.05) is 36.4 Å². The molecule has 0 aliphatic carbocycles. The first-order chi connectivity index (χ1) is 74.3. The summed E-state index contributed by atoms with van der Waals surface area (Å²) in [6.07, 6.45) is 0. The number of hydrogen-bond acceptors (Lipinski definition) is 6. The maximum absolute atomic E-state index is 6.39. The standard InChI is InChI=1S/C52H35NO.C48H33NO.C44H29NO/c1-2-11-36(12-3-1)37-23-29-43(30-24-37)53(45-33-27-40(28-34-45)47-19-9-14-39-13-4-5-17-46(39)47)44-31-25-38(26-32-44)41-15-8-16-42(35-41)48-20-10-21-50-49-18-6-7-22-51(49)54-52(48)50;1-3-11-34(12-4-1)36-21-27-41(28-22-36)49(42-29-23-37(24-30-42)35-13-5-2-6-14-35)43-31-25-38(26-32-43)39-15-9-16-40(33-39)44-18-10-19-46-45-17-7-8-20-47(45)50-48(44)46;1-3-13-35-30(9-1)11-7-16-36(35)34-24-26-42(45-41-17-8-12-31-10-2-4-14-37(31)41)40(27-34)32-21-19-29(20-22-32)33-23-25-39-38-15-5-6-18-43(38)46-44(39)28-33/h1-35H;1-33H;1-28,45H. The molecule has 0 radical (unpaired) electrons. The lowest BCUT2D eigenvalue weighted by atomic mass is 9.93. The van der Waals surface area contributed by atoms with Crippen molar-refractivity contribution in [3.05, 3.63) is 582 Å². The predicted octanol–water partition coefficient (Wildman–Crippen LogP) is 41.2. The zero-order chi connectivity index (χ0) is 99.6. The lowest BCUT2D eigenvalue weighted by Gasteiger charge is -2.26. The third kappa shape index (κ3) is 17.9. The number of fused-ring (bicyclic) bond motifs is 12. The van der Waals surface area contributed by atoms with Crippen LogP contribution in [0.5, 0.6) is 0 Å². The van der Waals surface area contributed by atoms with E-state index in [0.29, 0.717) is 0 Å². The first-order valence-corrected chi connectivity index (χ1v) is 51.1. The van der Waals surface area contributed by atoms with Gasteiger partial charge in [-0.15, -0.1) is 0 Å². The highest BCUT2D eigenvalue weighted by Gasteiger charge is 2.23. The van der Waals surface area contributed by atoms with Gasteiger partial charge >= 0.3 is 0 Å². The molecular formula is C144H97N3O3. The van der Waals surface area contributed by atoms with Crippen LogP contribution in [0, 0.1) is 0 Å². The SMILES string of the molecule is c1ccc(-c2ccc(N(c3ccc(-c4cccc(-c5cccc6c5oc5ccccc56)c4)cc3)c3ccc(-c4cccc5ccccc45)cc3)cc2)cc1.c1ccc(-c2ccc(N(c3ccc(-c4ccccc4)cc3)c3ccc(-c4cccc(-c5cccc6c5oc5ccccc56)c4)cc3)cc2)cc1.c1ccc2c(Nc3ccc(-c4cccc5ccccc45)cc3-c3ccc(-c4ccc5c(c4)oc4ccccc45)cc3)cccc2c1. The summed E-state index contributed by atoms with van der Waals surface area (Å²) in [4.78, 5) is 4.66. The quantitative estimate of drug-likeness (QED) is 0.0871. The van der Waals surface area contributed by atoms with E-state index >= 15 is 0 Å². The first kappa shape index (κ1) is 90.1. The van der Waals surface area contributed by atoms with E-state index < -0.39 is 0 Å². The van der Waals surface area contributed by atoms with Gasteiger partial charge in [-0.05, 0) is 266 Å². The molecule has 0 unspecified atom stereocenters. The van der Waals surface area contributed by atoms with Gasteiger partial charge in [0.2, 0.25) is 0 Å². The van der Waals surface area contributed by atoms with Gasteiger partial charge in [0.05, 0.1) is 0 Å². The maximum atomic E-state index is 6.39. The van der Waals surface area contributed by atoms with E-state index in [0.717, 1.165) is 178 Å². The van der Waals surface area contributed by atoms with Crippen molar-refractivity contribution in [2.45, 2.75) is 0 Å². The maximum Gasteiger partial charge on any atom is 0.143 e. The molecular weight excluding hydrogens is 1820 g/mol. The fraction of sp³-hybridized carbons (Fsp3) is 0. The van der Waals surface area contributed by atoms with Crippen LogP contribution in [0.3, 0.4) is 0 Å². The minimum absolute atomic E-state index is 0.909. The van der Waals surface area contributed by atoms with Crippen LogP contribution < -0.4 is 15.1 Å². The number of rotatable bonds is 19. The van der Waals surface area contributed by atoms with Crippen molar-refractivity contribution in [3.8, 4) is 122 Å². The van der Waals surface area contributed by atoms with Gasteiger partial charge in [-0.3, -0.25) is 0 Å². The summed E-state index contributed by atoms with van der Waals surface area (Å²) < 4.78 is 18.9. The van der Waals surface area contributed by atoms with E-state index in [9.17, 15) is 0 Å². The number of benzene rings is 25. The second kappa shape index (κ2) is 40.0. The molecule has 0 amide bonds. The summed E-state index contributed by atoms with van der Waals surface area (Å²) in [5.41, 5.74) is 40.0. The number of nitrogens with one attached hydrogen (secondary N) is 1. The summed E-state index contributed by atoms with van der Waals surface area (Å²) in [5.74, 6) is 0. The monoisotopic (exact) mass is 1920 g/mol. The van der Waals surface area contributed by atoms with Crippen LogP contribution >= 0.6 is 0 Å². The van der Waals surface area contributed by atoms with Gasteiger partial charge in [0, 0.05) is 99.9 Å². The average Bonchev–Trinajstić information content (AvgIpc) is 1.60. The summed E-state index contributed by atoms with van der Waals surface area (Å²) in [7, 11) is 0. The van der Waals surface area contributed by atoms with Crippen molar-refractivity contribution < 1.29 is 13.3 Å². The van der Waals surface area contributed by atoms with Gasteiger partial charge in [0.25, 0.3) is 0 Å². The Balaban J connectivity index is 0.000000114. The molecule has 0 saturated carbocycles.